The topological polar surface area (TPSA) is 112 Å². The summed E-state index contributed by atoms with van der Waals surface area (Å²) in [7, 11) is 6.04. The lowest BCUT2D eigenvalue weighted by atomic mass is 10.1. The van der Waals surface area contributed by atoms with Gasteiger partial charge in [0.1, 0.15) is 16.5 Å². The fraction of sp³-hybridized carbons (Fsp3) is 0.290. The molecule has 45 heavy (non-hydrogen) atoms. The molecule has 0 saturated carbocycles. The van der Waals surface area contributed by atoms with Gasteiger partial charge in [-0.1, -0.05) is 29.5 Å². The van der Waals surface area contributed by atoms with E-state index in [2.05, 4.69) is 15.5 Å². The van der Waals surface area contributed by atoms with Crippen LogP contribution in [0.15, 0.2) is 60.7 Å². The maximum absolute atomic E-state index is 13.7. The van der Waals surface area contributed by atoms with Gasteiger partial charge >= 0.3 is 6.18 Å². The Kier molecular flexibility index (Phi) is 10.8. The number of hydrogen-bond acceptors (Lipinski definition) is 9. The molecule has 2 amide bonds. The van der Waals surface area contributed by atoms with Gasteiger partial charge in [-0.2, -0.15) is 13.2 Å². The Morgan fingerprint density at radius 2 is 1.53 bits per heavy atom. The molecule has 0 aliphatic heterocycles. The number of benzene rings is 3. The number of amides is 2. The van der Waals surface area contributed by atoms with E-state index in [0.717, 1.165) is 29.0 Å². The zero-order valence-corrected chi connectivity index (χ0v) is 25.8. The first-order valence-corrected chi connectivity index (χ1v) is 14.4. The van der Waals surface area contributed by atoms with Crippen molar-refractivity contribution >= 4 is 28.3 Å². The zero-order chi connectivity index (χ0) is 32.6. The Labute approximate surface area is 261 Å². The number of ether oxygens (including phenoxy) is 4. The number of aromatic nitrogens is 2. The van der Waals surface area contributed by atoms with Crippen LogP contribution in [0.1, 0.15) is 27.9 Å². The van der Waals surface area contributed by atoms with Crippen molar-refractivity contribution in [2.24, 2.45) is 0 Å². The second-order valence-electron chi connectivity index (χ2n) is 9.58. The van der Waals surface area contributed by atoms with Gasteiger partial charge in [-0.05, 0) is 48.4 Å². The molecule has 0 atom stereocenters. The molecule has 0 aliphatic carbocycles. The van der Waals surface area contributed by atoms with Gasteiger partial charge in [0.05, 0.1) is 39.6 Å². The van der Waals surface area contributed by atoms with Crippen molar-refractivity contribution in [3.05, 3.63) is 77.4 Å². The van der Waals surface area contributed by atoms with Crippen molar-refractivity contribution < 1.29 is 41.7 Å². The van der Waals surface area contributed by atoms with Gasteiger partial charge < -0.3 is 29.2 Å². The first-order chi connectivity index (χ1) is 21.6. The van der Waals surface area contributed by atoms with E-state index in [1.807, 2.05) is 12.1 Å². The molecule has 3 aromatic carbocycles. The van der Waals surface area contributed by atoms with E-state index in [1.54, 1.807) is 36.3 Å². The second-order valence-corrected chi connectivity index (χ2v) is 10.6. The summed E-state index contributed by atoms with van der Waals surface area (Å²) in [4.78, 5) is 28.2. The number of nitrogens with zero attached hydrogens (tertiary/aromatic N) is 3. The standard InChI is InChI=1S/C31H31F3N4O6S/c1-41-22-10-11-23(25(18-22)43-3)29(40)38(15-13-19-5-12-24(42-2)26(17-19)44-4)16-14-27(39)35-30-37-36-28(45-30)20-6-8-21(9-7-20)31(32,33)34/h5-12,17-18H,13-16H2,1-4H3,(H,35,37,39). The maximum atomic E-state index is 13.7. The van der Waals surface area contributed by atoms with E-state index >= 15 is 0 Å². The third-order valence-corrected chi connectivity index (χ3v) is 7.67. The summed E-state index contributed by atoms with van der Waals surface area (Å²) in [6, 6.07) is 14.8. The number of hydrogen-bond donors (Lipinski definition) is 1. The Morgan fingerprint density at radius 1 is 0.822 bits per heavy atom. The van der Waals surface area contributed by atoms with Crippen molar-refractivity contribution in [2.75, 3.05) is 46.8 Å². The Balaban J connectivity index is 1.47. The molecule has 0 spiro atoms. The quantitative estimate of drug-likeness (QED) is 0.190. The largest absolute Gasteiger partial charge is 0.497 e. The zero-order valence-electron chi connectivity index (χ0n) is 24.9. The van der Waals surface area contributed by atoms with E-state index in [4.69, 9.17) is 18.9 Å². The summed E-state index contributed by atoms with van der Waals surface area (Å²) in [6.07, 6.45) is -4.06. The lowest BCUT2D eigenvalue weighted by molar-refractivity contribution is -0.137. The highest BCUT2D eigenvalue weighted by Crippen LogP contribution is 2.33. The molecule has 1 aromatic heterocycles. The molecule has 4 aromatic rings. The summed E-state index contributed by atoms with van der Waals surface area (Å²) >= 11 is 1.02. The molecule has 1 N–H and O–H groups in total. The van der Waals surface area contributed by atoms with Crippen LogP contribution in [0, 0.1) is 0 Å². The molecule has 0 aliphatic rings. The van der Waals surface area contributed by atoms with Crippen LogP contribution in [-0.4, -0.2) is 68.4 Å². The van der Waals surface area contributed by atoms with E-state index in [0.29, 0.717) is 45.6 Å². The average Bonchev–Trinajstić information content (AvgIpc) is 3.51. The van der Waals surface area contributed by atoms with Gasteiger partial charge in [-0.15, -0.1) is 10.2 Å². The van der Waals surface area contributed by atoms with Crippen LogP contribution in [0.2, 0.25) is 0 Å². The van der Waals surface area contributed by atoms with E-state index in [-0.39, 0.29) is 30.5 Å². The van der Waals surface area contributed by atoms with Crippen molar-refractivity contribution in [1.82, 2.24) is 15.1 Å². The number of nitrogens with one attached hydrogen (secondary N) is 1. The lowest BCUT2D eigenvalue weighted by Crippen LogP contribution is -2.35. The molecular weight excluding hydrogens is 613 g/mol. The molecule has 0 radical (unpaired) electrons. The third kappa shape index (κ3) is 8.41. The molecule has 0 saturated heterocycles. The van der Waals surface area contributed by atoms with Crippen LogP contribution < -0.4 is 24.3 Å². The second kappa shape index (κ2) is 14.8. The van der Waals surface area contributed by atoms with Gasteiger partial charge in [0, 0.05) is 31.1 Å². The molecule has 0 unspecified atom stereocenters. The van der Waals surface area contributed by atoms with Crippen LogP contribution in [0.3, 0.4) is 0 Å². The van der Waals surface area contributed by atoms with E-state index < -0.39 is 17.6 Å². The third-order valence-electron chi connectivity index (χ3n) is 6.78. The highest BCUT2D eigenvalue weighted by molar-refractivity contribution is 7.18. The predicted octanol–water partition coefficient (Wildman–Crippen LogP) is 5.97. The summed E-state index contributed by atoms with van der Waals surface area (Å²) < 4.78 is 60.1. The average molecular weight is 645 g/mol. The predicted molar refractivity (Wildman–Crippen MR) is 162 cm³/mol. The summed E-state index contributed by atoms with van der Waals surface area (Å²) in [6.45, 7) is 0.339. The number of rotatable bonds is 13. The monoisotopic (exact) mass is 644 g/mol. The van der Waals surface area contributed by atoms with Crippen molar-refractivity contribution in [3.8, 4) is 33.6 Å². The molecule has 1 heterocycles. The van der Waals surface area contributed by atoms with Gasteiger partial charge in [-0.3, -0.25) is 9.59 Å². The lowest BCUT2D eigenvalue weighted by Gasteiger charge is -2.24. The van der Waals surface area contributed by atoms with Gasteiger partial charge in [-0.25, -0.2) is 0 Å². The van der Waals surface area contributed by atoms with Crippen molar-refractivity contribution in [3.63, 3.8) is 0 Å². The van der Waals surface area contributed by atoms with Crippen LogP contribution in [0.25, 0.3) is 10.6 Å². The Hall–Kier alpha value is -4.85. The van der Waals surface area contributed by atoms with Gasteiger partial charge in [0.15, 0.2) is 11.5 Å². The molecule has 0 fully saturated rings. The Bertz CT molecular complexity index is 1630. The number of carbonyl (C=O) groups excluding carboxylic acids is 2. The minimum absolute atomic E-state index is 0.0642. The molecule has 10 nitrogen and oxygen atoms in total. The first-order valence-electron chi connectivity index (χ1n) is 13.6. The number of halogens is 3. The van der Waals surface area contributed by atoms with Crippen LogP contribution in [0.4, 0.5) is 18.3 Å². The van der Waals surface area contributed by atoms with Crippen LogP contribution in [-0.2, 0) is 17.4 Å². The molecule has 14 heteroatoms. The smallest absolute Gasteiger partial charge is 0.416 e. The highest BCUT2D eigenvalue weighted by Gasteiger charge is 2.30. The minimum atomic E-state index is -4.45. The van der Waals surface area contributed by atoms with Crippen molar-refractivity contribution in [2.45, 2.75) is 19.0 Å². The van der Waals surface area contributed by atoms with E-state index in [9.17, 15) is 22.8 Å². The fourth-order valence-electron chi connectivity index (χ4n) is 4.37. The minimum Gasteiger partial charge on any atom is -0.497 e. The maximum Gasteiger partial charge on any atom is 0.416 e. The highest BCUT2D eigenvalue weighted by atomic mass is 32.1. The Morgan fingerprint density at radius 3 is 2.18 bits per heavy atom. The molecule has 238 valence electrons. The molecule has 0 bridgehead atoms. The molecule has 4 rings (SSSR count). The summed E-state index contributed by atoms with van der Waals surface area (Å²) in [5.74, 6) is 1.21. The SMILES string of the molecule is COc1ccc(C(=O)N(CCC(=O)Nc2nnc(-c3ccc(C(F)(F)F)cc3)s2)CCc2ccc(OC)c(OC)c2)c(OC)c1. The van der Waals surface area contributed by atoms with E-state index in [1.165, 1.54) is 33.5 Å². The van der Waals surface area contributed by atoms with Gasteiger partial charge in [0.25, 0.3) is 5.91 Å². The number of anilines is 1. The normalized spacial score (nSPS) is 11.1. The molecular formula is C31H31F3N4O6S. The fourth-order valence-corrected chi connectivity index (χ4v) is 5.14. The summed E-state index contributed by atoms with van der Waals surface area (Å²) in [5, 5.41) is 11.1. The van der Waals surface area contributed by atoms with Crippen molar-refractivity contribution in [1.29, 1.82) is 0 Å². The van der Waals surface area contributed by atoms with Gasteiger partial charge in [0.2, 0.25) is 11.0 Å². The summed E-state index contributed by atoms with van der Waals surface area (Å²) in [5.41, 5.74) is 0.848. The number of carbonyl (C=O) groups is 2. The number of alkyl halides is 3. The first kappa shape index (κ1) is 33.1. The van der Waals surface area contributed by atoms with Crippen LogP contribution >= 0.6 is 11.3 Å². The number of methoxy groups -OCH3 is 4. The van der Waals surface area contributed by atoms with Crippen LogP contribution in [0.5, 0.6) is 23.0 Å².